The number of carbonyl (C=O) groups excluding carboxylic acids is 1. The van der Waals surface area contributed by atoms with Crippen LogP contribution >= 0.6 is 24.0 Å². The number of aliphatic imine (C=N–C) groups is 1. The highest BCUT2D eigenvalue weighted by atomic mass is 127. The minimum Gasteiger partial charge on any atom is -0.361 e. The number of carbonyl (C=O) groups is 1. The summed E-state index contributed by atoms with van der Waals surface area (Å²) in [5.74, 6) is 0.747. The molecular weight excluding hydrogens is 532 g/mol. The van der Waals surface area contributed by atoms with Gasteiger partial charge in [-0.15, -0.1) is 24.0 Å². The molecule has 0 unspecified atom stereocenters. The van der Waals surface area contributed by atoms with E-state index in [1.54, 1.807) is 12.1 Å². The van der Waals surface area contributed by atoms with E-state index >= 15 is 0 Å². The fraction of sp³-hybridized carbons (Fsp3) is 0.360. The zero-order valence-corrected chi connectivity index (χ0v) is 21.2. The lowest BCUT2D eigenvalue weighted by molar-refractivity contribution is -0.128. The Balaban J connectivity index is 0.00000306. The average molecular weight is 563 g/mol. The number of benzene rings is 2. The van der Waals surface area contributed by atoms with E-state index in [1.807, 2.05) is 30.2 Å². The quantitative estimate of drug-likeness (QED) is 0.217. The van der Waals surface area contributed by atoms with Crippen LogP contribution in [0.1, 0.15) is 36.5 Å². The molecule has 8 heteroatoms. The normalized spacial score (nSPS) is 13.9. The average Bonchev–Trinajstić information content (AvgIpc) is 3.38. The number of H-pyrrole nitrogens is 1. The first-order valence-electron chi connectivity index (χ1n) is 11.3. The van der Waals surface area contributed by atoms with Crippen molar-refractivity contribution in [2.24, 2.45) is 4.99 Å². The van der Waals surface area contributed by atoms with Crippen LogP contribution in [0.25, 0.3) is 10.9 Å². The van der Waals surface area contributed by atoms with Crippen LogP contribution in [0, 0.1) is 5.82 Å². The summed E-state index contributed by atoms with van der Waals surface area (Å²) in [4.78, 5) is 21.9. The number of nitrogens with zero attached hydrogens (tertiary/aromatic N) is 2. The molecule has 0 bridgehead atoms. The molecule has 2 heterocycles. The van der Waals surface area contributed by atoms with Crippen molar-refractivity contribution >= 4 is 46.7 Å². The molecule has 1 saturated heterocycles. The van der Waals surface area contributed by atoms with Crippen molar-refractivity contribution in [2.75, 3.05) is 19.6 Å². The van der Waals surface area contributed by atoms with Crippen LogP contribution < -0.4 is 10.6 Å². The number of fused-ring (bicyclic) bond motifs is 1. The standard InChI is InChI=1S/C25H30FN5O.HI/c1-2-27-25(28-12-11-19-16-29-23-10-9-21(26)14-22(19)23)30-15-18-6-3-4-7-20(18)17-31-13-5-8-24(31)32;/h3-4,6-7,9-10,14,16,29H,2,5,8,11-13,15,17H2,1H3,(H2,27,28,30);1H. The Labute approximate surface area is 211 Å². The van der Waals surface area contributed by atoms with E-state index in [4.69, 9.17) is 4.99 Å². The third kappa shape index (κ3) is 6.46. The Morgan fingerprint density at radius 3 is 2.73 bits per heavy atom. The van der Waals surface area contributed by atoms with E-state index in [9.17, 15) is 9.18 Å². The molecule has 0 spiro atoms. The number of hydrogen-bond acceptors (Lipinski definition) is 2. The highest BCUT2D eigenvalue weighted by Crippen LogP contribution is 2.20. The van der Waals surface area contributed by atoms with E-state index < -0.39 is 0 Å². The number of aromatic nitrogens is 1. The van der Waals surface area contributed by atoms with Gasteiger partial charge in [-0.3, -0.25) is 4.79 Å². The van der Waals surface area contributed by atoms with Crippen LogP contribution in [-0.2, 0) is 24.3 Å². The second kappa shape index (κ2) is 12.0. The Hall–Kier alpha value is -2.62. The van der Waals surface area contributed by atoms with Gasteiger partial charge in [0.05, 0.1) is 6.54 Å². The van der Waals surface area contributed by atoms with Crippen LogP contribution in [0.2, 0.25) is 0 Å². The summed E-state index contributed by atoms with van der Waals surface area (Å²) in [5.41, 5.74) is 4.28. The summed E-state index contributed by atoms with van der Waals surface area (Å²) in [7, 11) is 0. The molecule has 33 heavy (non-hydrogen) atoms. The van der Waals surface area contributed by atoms with E-state index in [-0.39, 0.29) is 35.7 Å². The molecule has 3 aromatic rings. The zero-order chi connectivity index (χ0) is 22.3. The van der Waals surface area contributed by atoms with Crippen LogP contribution in [0.5, 0.6) is 0 Å². The van der Waals surface area contributed by atoms with Gasteiger partial charge in [-0.05, 0) is 54.7 Å². The molecule has 176 valence electrons. The molecule has 0 radical (unpaired) electrons. The Bertz CT molecular complexity index is 1110. The monoisotopic (exact) mass is 563 g/mol. The first kappa shape index (κ1) is 25.0. The number of likely N-dealkylation sites (tertiary alicyclic amines) is 1. The van der Waals surface area contributed by atoms with Crippen LogP contribution in [0.15, 0.2) is 53.7 Å². The molecule has 0 atom stereocenters. The first-order chi connectivity index (χ1) is 15.6. The number of rotatable bonds is 8. The summed E-state index contributed by atoms with van der Waals surface area (Å²) in [6.45, 7) is 5.48. The third-order valence-corrected chi connectivity index (χ3v) is 5.82. The topological polar surface area (TPSA) is 72.5 Å². The van der Waals surface area contributed by atoms with Crippen LogP contribution in [0.3, 0.4) is 0 Å². The third-order valence-electron chi connectivity index (χ3n) is 5.82. The van der Waals surface area contributed by atoms with Gasteiger partial charge < -0.3 is 20.5 Å². The van der Waals surface area contributed by atoms with Crippen molar-refractivity contribution in [2.45, 2.75) is 39.3 Å². The molecule has 6 nitrogen and oxygen atoms in total. The van der Waals surface area contributed by atoms with Crippen molar-refractivity contribution < 1.29 is 9.18 Å². The van der Waals surface area contributed by atoms with Gasteiger partial charge in [0.1, 0.15) is 5.82 Å². The van der Waals surface area contributed by atoms with Gasteiger partial charge in [0, 0.05) is 49.7 Å². The zero-order valence-electron chi connectivity index (χ0n) is 18.9. The van der Waals surface area contributed by atoms with Crippen molar-refractivity contribution in [3.8, 4) is 0 Å². The van der Waals surface area contributed by atoms with E-state index in [2.05, 4.69) is 27.8 Å². The second-order valence-electron chi connectivity index (χ2n) is 8.06. The maximum atomic E-state index is 13.6. The van der Waals surface area contributed by atoms with Crippen LogP contribution in [0.4, 0.5) is 4.39 Å². The lowest BCUT2D eigenvalue weighted by Crippen LogP contribution is -2.38. The summed E-state index contributed by atoms with van der Waals surface area (Å²) in [6.07, 6.45) is 4.28. The smallest absolute Gasteiger partial charge is 0.222 e. The predicted molar refractivity (Wildman–Crippen MR) is 141 cm³/mol. The van der Waals surface area contributed by atoms with Crippen molar-refractivity contribution in [3.63, 3.8) is 0 Å². The van der Waals surface area contributed by atoms with Gasteiger partial charge in [0.15, 0.2) is 5.96 Å². The lowest BCUT2D eigenvalue weighted by atomic mass is 10.1. The number of aromatic amines is 1. The number of guanidine groups is 1. The van der Waals surface area contributed by atoms with E-state index in [0.717, 1.165) is 59.5 Å². The van der Waals surface area contributed by atoms with Crippen molar-refractivity contribution in [3.05, 3.63) is 71.2 Å². The Morgan fingerprint density at radius 1 is 1.15 bits per heavy atom. The van der Waals surface area contributed by atoms with Gasteiger partial charge in [0.2, 0.25) is 5.91 Å². The van der Waals surface area contributed by atoms with Crippen LogP contribution in [-0.4, -0.2) is 41.4 Å². The second-order valence-corrected chi connectivity index (χ2v) is 8.06. The molecule has 1 amide bonds. The molecule has 1 aliphatic heterocycles. The minimum atomic E-state index is -0.226. The lowest BCUT2D eigenvalue weighted by Gasteiger charge is -2.18. The number of halogens is 2. The number of nitrogens with one attached hydrogen (secondary N) is 3. The van der Waals surface area contributed by atoms with Crippen molar-refractivity contribution in [1.82, 2.24) is 20.5 Å². The molecule has 4 rings (SSSR count). The first-order valence-corrected chi connectivity index (χ1v) is 11.3. The maximum absolute atomic E-state index is 13.6. The molecule has 3 N–H and O–H groups in total. The SMILES string of the molecule is CCNC(=NCc1ccccc1CN1CCCC1=O)NCCc1c[nH]c2ccc(F)cc12.I. The summed E-state index contributed by atoms with van der Waals surface area (Å²) in [5, 5.41) is 7.58. The summed E-state index contributed by atoms with van der Waals surface area (Å²) < 4.78 is 13.6. The number of amides is 1. The van der Waals surface area contributed by atoms with Gasteiger partial charge in [-0.2, -0.15) is 0 Å². The summed E-state index contributed by atoms with van der Waals surface area (Å²) in [6, 6.07) is 13.0. The fourth-order valence-electron chi connectivity index (χ4n) is 4.12. The highest BCUT2D eigenvalue weighted by Gasteiger charge is 2.20. The van der Waals surface area contributed by atoms with Gasteiger partial charge in [-0.1, -0.05) is 24.3 Å². The van der Waals surface area contributed by atoms with E-state index in [1.165, 1.54) is 6.07 Å². The molecular formula is C25H31FIN5O. The molecule has 0 saturated carbocycles. The van der Waals surface area contributed by atoms with Gasteiger partial charge >= 0.3 is 0 Å². The largest absolute Gasteiger partial charge is 0.361 e. The summed E-state index contributed by atoms with van der Waals surface area (Å²) >= 11 is 0. The molecule has 0 aliphatic carbocycles. The molecule has 2 aromatic carbocycles. The molecule has 1 aromatic heterocycles. The molecule has 1 fully saturated rings. The predicted octanol–water partition coefficient (Wildman–Crippen LogP) is 4.35. The minimum absolute atomic E-state index is 0. The number of hydrogen-bond donors (Lipinski definition) is 3. The fourth-order valence-corrected chi connectivity index (χ4v) is 4.12. The molecule has 1 aliphatic rings. The van der Waals surface area contributed by atoms with E-state index in [0.29, 0.717) is 26.1 Å². The highest BCUT2D eigenvalue weighted by molar-refractivity contribution is 14.0. The Kier molecular flexibility index (Phi) is 9.11. The van der Waals surface area contributed by atoms with Crippen molar-refractivity contribution in [1.29, 1.82) is 0 Å². The Morgan fingerprint density at radius 2 is 1.97 bits per heavy atom. The maximum Gasteiger partial charge on any atom is 0.222 e. The van der Waals surface area contributed by atoms with Gasteiger partial charge in [-0.25, -0.2) is 9.38 Å². The van der Waals surface area contributed by atoms with Gasteiger partial charge in [0.25, 0.3) is 0 Å².